The normalized spacial score (nSPS) is 11.0. The summed E-state index contributed by atoms with van der Waals surface area (Å²) in [6.45, 7) is 0. The number of hydrogen-bond donors (Lipinski definition) is 4. The Hall–Kier alpha value is -2.06. The van der Waals surface area contributed by atoms with Gasteiger partial charge in [-0.1, -0.05) is 30.3 Å². The second kappa shape index (κ2) is 8.94. The van der Waals surface area contributed by atoms with Gasteiger partial charge < -0.3 is 10.6 Å². The van der Waals surface area contributed by atoms with Crippen LogP contribution in [0, 0.1) is 0 Å². The standard InChI is InChI=1S/C12H16N6S2/c1-13-11(19)17-15-8-10(16-18-12(20)14-2)9-6-4-3-5-7-9/h3-8H,1-2H3,(H2,13,17,19)(H2,14,18,20)/b15-8-,16-10+. The van der Waals surface area contributed by atoms with E-state index in [2.05, 4.69) is 31.7 Å². The highest BCUT2D eigenvalue weighted by Gasteiger charge is 2.00. The van der Waals surface area contributed by atoms with Crippen LogP contribution in [-0.2, 0) is 0 Å². The number of hydrazone groups is 2. The fraction of sp³-hybridized carbons (Fsp3) is 0.167. The zero-order chi connectivity index (χ0) is 14.8. The molecule has 8 heteroatoms. The SMILES string of the molecule is CNC(=S)N/N=C\C(=N/NC(=S)NC)c1ccccc1. The molecule has 0 spiro atoms. The Balaban J connectivity index is 2.85. The van der Waals surface area contributed by atoms with Gasteiger partial charge in [0.1, 0.15) is 5.71 Å². The molecule has 6 nitrogen and oxygen atoms in total. The molecule has 0 aliphatic rings. The van der Waals surface area contributed by atoms with Crippen LogP contribution in [0.1, 0.15) is 5.56 Å². The smallest absolute Gasteiger partial charge is 0.186 e. The van der Waals surface area contributed by atoms with Crippen molar-refractivity contribution in [1.82, 2.24) is 21.5 Å². The fourth-order valence-electron chi connectivity index (χ4n) is 1.15. The Bertz CT molecular complexity index is 512. The lowest BCUT2D eigenvalue weighted by atomic mass is 10.1. The molecule has 0 saturated heterocycles. The van der Waals surface area contributed by atoms with Crippen LogP contribution in [0.2, 0.25) is 0 Å². The number of rotatable bonds is 4. The predicted octanol–water partition coefficient (Wildman–Crippen LogP) is 0.564. The third-order valence-electron chi connectivity index (χ3n) is 2.15. The van der Waals surface area contributed by atoms with E-state index in [1.807, 2.05) is 30.3 Å². The first-order chi connectivity index (χ1) is 9.67. The van der Waals surface area contributed by atoms with Gasteiger partial charge in [-0.05, 0) is 24.4 Å². The Morgan fingerprint density at radius 3 is 2.20 bits per heavy atom. The summed E-state index contributed by atoms with van der Waals surface area (Å²) in [6, 6.07) is 9.61. The first kappa shape index (κ1) is 16.0. The molecule has 0 atom stereocenters. The lowest BCUT2D eigenvalue weighted by Gasteiger charge is -2.05. The second-order valence-electron chi connectivity index (χ2n) is 3.50. The molecule has 0 amide bonds. The van der Waals surface area contributed by atoms with Crippen molar-refractivity contribution in [3.05, 3.63) is 35.9 Å². The van der Waals surface area contributed by atoms with Gasteiger partial charge in [-0.2, -0.15) is 10.2 Å². The van der Waals surface area contributed by atoms with Crippen LogP contribution in [0.3, 0.4) is 0 Å². The Kier molecular flexibility index (Phi) is 7.15. The number of nitrogens with one attached hydrogen (secondary N) is 4. The van der Waals surface area contributed by atoms with Crippen molar-refractivity contribution >= 4 is 46.6 Å². The van der Waals surface area contributed by atoms with Crippen molar-refractivity contribution < 1.29 is 0 Å². The van der Waals surface area contributed by atoms with E-state index in [0.29, 0.717) is 15.9 Å². The molecule has 0 aliphatic carbocycles. The molecule has 1 aromatic rings. The van der Waals surface area contributed by atoms with Crippen molar-refractivity contribution in [2.24, 2.45) is 10.2 Å². The summed E-state index contributed by atoms with van der Waals surface area (Å²) in [5.74, 6) is 0. The number of thiocarbonyl (C=S) groups is 2. The quantitative estimate of drug-likeness (QED) is 0.370. The van der Waals surface area contributed by atoms with Crippen molar-refractivity contribution in [2.75, 3.05) is 14.1 Å². The van der Waals surface area contributed by atoms with E-state index in [0.717, 1.165) is 5.56 Å². The molecule has 106 valence electrons. The van der Waals surface area contributed by atoms with Gasteiger partial charge in [0.15, 0.2) is 10.2 Å². The number of hydrogen-bond acceptors (Lipinski definition) is 4. The third kappa shape index (κ3) is 5.72. The van der Waals surface area contributed by atoms with Gasteiger partial charge in [0.05, 0.1) is 6.21 Å². The molecular weight excluding hydrogens is 292 g/mol. The van der Waals surface area contributed by atoms with Crippen LogP contribution in [0.4, 0.5) is 0 Å². The number of benzene rings is 1. The lowest BCUT2D eigenvalue weighted by Crippen LogP contribution is -2.30. The molecule has 0 radical (unpaired) electrons. The van der Waals surface area contributed by atoms with E-state index in [1.54, 1.807) is 20.3 Å². The Morgan fingerprint density at radius 1 is 1.00 bits per heavy atom. The summed E-state index contributed by atoms with van der Waals surface area (Å²) in [5, 5.41) is 14.6. The minimum absolute atomic E-state index is 0.422. The predicted molar refractivity (Wildman–Crippen MR) is 91.1 cm³/mol. The maximum atomic E-state index is 4.98. The van der Waals surface area contributed by atoms with Crippen molar-refractivity contribution in [3.8, 4) is 0 Å². The van der Waals surface area contributed by atoms with Crippen LogP contribution in [0.5, 0.6) is 0 Å². The van der Waals surface area contributed by atoms with Gasteiger partial charge in [0.25, 0.3) is 0 Å². The molecule has 4 N–H and O–H groups in total. The summed E-state index contributed by atoms with van der Waals surface area (Å²) in [5.41, 5.74) is 6.91. The monoisotopic (exact) mass is 308 g/mol. The Labute approximate surface area is 128 Å². The minimum Gasteiger partial charge on any atom is -0.364 e. The zero-order valence-electron chi connectivity index (χ0n) is 11.2. The first-order valence-corrected chi connectivity index (χ1v) is 6.60. The molecule has 0 aliphatic heterocycles. The average Bonchev–Trinajstić information content (AvgIpc) is 2.50. The Morgan fingerprint density at radius 2 is 1.60 bits per heavy atom. The fourth-order valence-corrected chi connectivity index (χ4v) is 1.25. The van der Waals surface area contributed by atoms with Gasteiger partial charge >= 0.3 is 0 Å². The molecule has 0 unspecified atom stereocenters. The van der Waals surface area contributed by atoms with Crippen molar-refractivity contribution in [2.45, 2.75) is 0 Å². The largest absolute Gasteiger partial charge is 0.364 e. The molecule has 0 aromatic heterocycles. The van der Waals surface area contributed by atoms with E-state index in [1.165, 1.54) is 0 Å². The second-order valence-corrected chi connectivity index (χ2v) is 4.32. The molecule has 0 bridgehead atoms. The topological polar surface area (TPSA) is 72.8 Å². The van der Waals surface area contributed by atoms with Crippen LogP contribution in [0.15, 0.2) is 40.5 Å². The van der Waals surface area contributed by atoms with Crippen LogP contribution in [0.25, 0.3) is 0 Å². The summed E-state index contributed by atoms with van der Waals surface area (Å²) in [6.07, 6.45) is 1.56. The first-order valence-electron chi connectivity index (χ1n) is 5.79. The summed E-state index contributed by atoms with van der Waals surface area (Å²) < 4.78 is 0. The van der Waals surface area contributed by atoms with E-state index in [-0.39, 0.29) is 0 Å². The third-order valence-corrected chi connectivity index (χ3v) is 2.75. The van der Waals surface area contributed by atoms with Gasteiger partial charge in [-0.3, -0.25) is 10.9 Å². The van der Waals surface area contributed by atoms with E-state index >= 15 is 0 Å². The van der Waals surface area contributed by atoms with Crippen molar-refractivity contribution in [1.29, 1.82) is 0 Å². The molecule has 0 saturated carbocycles. The van der Waals surface area contributed by atoms with Crippen LogP contribution in [-0.4, -0.2) is 36.2 Å². The van der Waals surface area contributed by atoms with Crippen LogP contribution < -0.4 is 21.5 Å². The van der Waals surface area contributed by atoms with Gasteiger partial charge in [0.2, 0.25) is 0 Å². The summed E-state index contributed by atoms with van der Waals surface area (Å²) >= 11 is 9.90. The van der Waals surface area contributed by atoms with E-state index in [9.17, 15) is 0 Å². The van der Waals surface area contributed by atoms with Gasteiger partial charge in [-0.15, -0.1) is 0 Å². The van der Waals surface area contributed by atoms with Gasteiger partial charge in [-0.25, -0.2) is 0 Å². The highest BCUT2D eigenvalue weighted by atomic mass is 32.1. The minimum atomic E-state index is 0.422. The maximum Gasteiger partial charge on any atom is 0.186 e. The average molecular weight is 308 g/mol. The highest BCUT2D eigenvalue weighted by Crippen LogP contribution is 1.99. The summed E-state index contributed by atoms with van der Waals surface area (Å²) in [4.78, 5) is 0. The van der Waals surface area contributed by atoms with E-state index < -0.39 is 0 Å². The molecule has 1 rings (SSSR count). The summed E-state index contributed by atoms with van der Waals surface area (Å²) in [7, 11) is 3.43. The molecule has 20 heavy (non-hydrogen) atoms. The molecule has 0 fully saturated rings. The molecular formula is C12H16N6S2. The highest BCUT2D eigenvalue weighted by molar-refractivity contribution is 7.80. The van der Waals surface area contributed by atoms with E-state index in [4.69, 9.17) is 24.4 Å². The number of nitrogens with zero attached hydrogens (tertiary/aromatic N) is 2. The van der Waals surface area contributed by atoms with Gasteiger partial charge in [0, 0.05) is 19.7 Å². The zero-order valence-corrected chi connectivity index (χ0v) is 12.8. The molecule has 0 heterocycles. The van der Waals surface area contributed by atoms with Crippen LogP contribution >= 0.6 is 24.4 Å². The molecule has 1 aromatic carbocycles. The van der Waals surface area contributed by atoms with Crippen molar-refractivity contribution in [3.63, 3.8) is 0 Å². The lowest BCUT2D eigenvalue weighted by molar-refractivity contribution is 0.972. The maximum absolute atomic E-state index is 4.98.